The highest BCUT2D eigenvalue weighted by Gasteiger charge is 2.35. The molecule has 0 saturated heterocycles. The number of hydrogen-bond donors (Lipinski definition) is 1. The Morgan fingerprint density at radius 1 is 0.826 bits per heavy atom. The van der Waals surface area contributed by atoms with Crippen molar-refractivity contribution in [1.29, 1.82) is 0 Å². The number of anilines is 1. The summed E-state index contributed by atoms with van der Waals surface area (Å²) in [6, 6.07) is 30.9. The van der Waals surface area contributed by atoms with Crippen LogP contribution in [0.4, 0.5) is 5.69 Å². The summed E-state index contributed by atoms with van der Waals surface area (Å²) in [6.45, 7) is -0.429. The van der Waals surface area contributed by atoms with Gasteiger partial charge in [-0.15, -0.1) is 0 Å². The van der Waals surface area contributed by atoms with Crippen molar-refractivity contribution in [1.82, 2.24) is 10.2 Å². The summed E-state index contributed by atoms with van der Waals surface area (Å²) in [7, 11) is -4.14. The van der Waals surface area contributed by atoms with Crippen molar-refractivity contribution < 1.29 is 18.0 Å². The minimum Gasteiger partial charge on any atom is -0.352 e. The number of sulfonamides is 1. The number of benzene rings is 4. The van der Waals surface area contributed by atoms with E-state index in [0.29, 0.717) is 10.7 Å². The molecule has 4 aromatic carbocycles. The van der Waals surface area contributed by atoms with Gasteiger partial charge in [-0.25, -0.2) is 8.42 Å². The van der Waals surface area contributed by atoms with Gasteiger partial charge in [0.25, 0.3) is 10.0 Å². The Morgan fingerprint density at radius 2 is 1.46 bits per heavy atom. The molecule has 0 radical (unpaired) electrons. The first-order valence-corrected chi connectivity index (χ1v) is 18.3. The molecule has 1 saturated carbocycles. The van der Waals surface area contributed by atoms with E-state index in [4.69, 9.17) is 11.6 Å². The first-order chi connectivity index (χ1) is 22.2. The summed E-state index contributed by atoms with van der Waals surface area (Å²) in [6.07, 6.45) is 5.28. The van der Waals surface area contributed by atoms with E-state index in [-0.39, 0.29) is 29.8 Å². The first kappa shape index (κ1) is 33.9. The molecule has 0 bridgehead atoms. The van der Waals surface area contributed by atoms with Crippen LogP contribution in [0.2, 0.25) is 5.02 Å². The van der Waals surface area contributed by atoms with Crippen LogP contribution in [0.3, 0.4) is 0 Å². The van der Waals surface area contributed by atoms with E-state index in [9.17, 15) is 18.0 Å². The second kappa shape index (κ2) is 15.9. The molecular formula is C36H37ClIN3O4S. The molecule has 0 aromatic heterocycles. The average molecular weight is 770 g/mol. The highest BCUT2D eigenvalue weighted by Crippen LogP contribution is 2.26. The maximum Gasteiger partial charge on any atom is 0.264 e. The van der Waals surface area contributed by atoms with Gasteiger partial charge in [-0.05, 0) is 95.1 Å². The quantitative estimate of drug-likeness (QED) is 0.154. The Morgan fingerprint density at radius 3 is 2.11 bits per heavy atom. The van der Waals surface area contributed by atoms with Gasteiger partial charge in [0.1, 0.15) is 12.6 Å². The van der Waals surface area contributed by atoms with Crippen molar-refractivity contribution in [3.63, 3.8) is 0 Å². The number of carbonyl (C=O) groups is 2. The molecule has 1 atom stereocenters. The number of amides is 2. The maximum atomic E-state index is 14.6. The Balaban J connectivity index is 1.55. The Labute approximate surface area is 290 Å². The van der Waals surface area contributed by atoms with Crippen LogP contribution in [0.5, 0.6) is 0 Å². The zero-order valence-corrected chi connectivity index (χ0v) is 29.1. The van der Waals surface area contributed by atoms with Gasteiger partial charge in [0.15, 0.2) is 0 Å². The van der Waals surface area contributed by atoms with Crippen LogP contribution in [0.1, 0.15) is 43.2 Å². The van der Waals surface area contributed by atoms with E-state index < -0.39 is 28.5 Å². The normalized spacial score (nSPS) is 14.3. The summed E-state index contributed by atoms with van der Waals surface area (Å²) in [5.41, 5.74) is 1.98. The van der Waals surface area contributed by atoms with Crippen LogP contribution in [-0.2, 0) is 32.6 Å². The third kappa shape index (κ3) is 8.89. The van der Waals surface area contributed by atoms with Crippen molar-refractivity contribution in [2.45, 2.75) is 62.0 Å². The second-order valence-electron chi connectivity index (χ2n) is 11.5. The fourth-order valence-corrected chi connectivity index (χ4v) is 7.79. The summed E-state index contributed by atoms with van der Waals surface area (Å²) < 4.78 is 30.2. The van der Waals surface area contributed by atoms with Gasteiger partial charge in [-0.1, -0.05) is 91.5 Å². The number of nitrogens with zero attached hydrogens (tertiary/aromatic N) is 2. The van der Waals surface area contributed by atoms with Crippen molar-refractivity contribution in [3.05, 3.63) is 129 Å². The summed E-state index contributed by atoms with van der Waals surface area (Å²) in [5.74, 6) is -0.754. The largest absolute Gasteiger partial charge is 0.352 e. The molecule has 5 rings (SSSR count). The molecule has 10 heteroatoms. The number of nitrogens with one attached hydrogen (secondary N) is 1. The first-order valence-electron chi connectivity index (χ1n) is 15.4. The predicted molar refractivity (Wildman–Crippen MR) is 191 cm³/mol. The third-order valence-electron chi connectivity index (χ3n) is 8.19. The van der Waals surface area contributed by atoms with Gasteiger partial charge in [-0.3, -0.25) is 13.9 Å². The van der Waals surface area contributed by atoms with Gasteiger partial charge in [0.05, 0.1) is 10.6 Å². The number of hydrogen-bond acceptors (Lipinski definition) is 4. The van der Waals surface area contributed by atoms with Gasteiger partial charge < -0.3 is 10.2 Å². The lowest BCUT2D eigenvalue weighted by molar-refractivity contribution is -0.140. The predicted octanol–water partition coefficient (Wildman–Crippen LogP) is 7.23. The van der Waals surface area contributed by atoms with Crippen molar-refractivity contribution in [2.75, 3.05) is 10.8 Å². The van der Waals surface area contributed by atoms with Gasteiger partial charge in [-0.2, -0.15) is 0 Å². The van der Waals surface area contributed by atoms with Crippen LogP contribution >= 0.6 is 34.2 Å². The average Bonchev–Trinajstić information content (AvgIpc) is 3.07. The maximum absolute atomic E-state index is 14.6. The lowest BCUT2D eigenvalue weighted by atomic mass is 9.94. The molecule has 1 fully saturated rings. The van der Waals surface area contributed by atoms with Crippen LogP contribution < -0.4 is 9.62 Å². The topological polar surface area (TPSA) is 86.8 Å². The monoisotopic (exact) mass is 769 g/mol. The molecule has 0 spiro atoms. The Hall–Kier alpha value is -3.41. The summed E-state index contributed by atoms with van der Waals surface area (Å²) >= 11 is 8.50. The summed E-state index contributed by atoms with van der Waals surface area (Å²) in [5, 5.41) is 3.73. The van der Waals surface area contributed by atoms with Crippen molar-refractivity contribution in [2.24, 2.45) is 0 Å². The zero-order valence-electron chi connectivity index (χ0n) is 25.4. The molecule has 1 unspecified atom stereocenters. The molecule has 4 aromatic rings. The minimum atomic E-state index is -4.14. The van der Waals surface area contributed by atoms with E-state index in [0.717, 1.165) is 51.1 Å². The van der Waals surface area contributed by atoms with Gasteiger partial charge in [0.2, 0.25) is 11.8 Å². The Bertz CT molecular complexity index is 1720. The molecule has 1 aliphatic rings. The molecule has 46 heavy (non-hydrogen) atoms. The van der Waals surface area contributed by atoms with E-state index >= 15 is 0 Å². The van der Waals surface area contributed by atoms with Crippen molar-refractivity contribution >= 4 is 61.7 Å². The zero-order chi connectivity index (χ0) is 32.5. The number of rotatable bonds is 12. The molecule has 7 nitrogen and oxygen atoms in total. The van der Waals surface area contributed by atoms with E-state index in [1.165, 1.54) is 17.0 Å². The van der Waals surface area contributed by atoms with Crippen molar-refractivity contribution in [3.8, 4) is 0 Å². The third-order valence-corrected chi connectivity index (χ3v) is 10.9. The van der Waals surface area contributed by atoms with Crippen LogP contribution in [0, 0.1) is 3.57 Å². The van der Waals surface area contributed by atoms with Gasteiger partial charge >= 0.3 is 0 Å². The fraction of sp³-hybridized carbons (Fsp3) is 0.278. The molecule has 1 N–H and O–H groups in total. The van der Waals surface area contributed by atoms with E-state index in [1.54, 1.807) is 60.7 Å². The molecule has 0 aliphatic heterocycles. The number of carbonyl (C=O) groups excluding carboxylic acids is 2. The smallest absolute Gasteiger partial charge is 0.264 e. The SMILES string of the molecule is O=C(NC1CCCCC1)C(Cc1ccccc1)N(Cc1cccc(Cl)c1)C(=O)CN(c1ccc(I)cc1)S(=O)(=O)c1ccccc1. The highest BCUT2D eigenvalue weighted by atomic mass is 127. The highest BCUT2D eigenvalue weighted by molar-refractivity contribution is 14.1. The lowest BCUT2D eigenvalue weighted by Crippen LogP contribution is -2.55. The van der Waals surface area contributed by atoms with E-state index in [2.05, 4.69) is 27.9 Å². The van der Waals surface area contributed by atoms with Crippen LogP contribution in [0.25, 0.3) is 0 Å². The van der Waals surface area contributed by atoms with Crippen LogP contribution in [-0.4, -0.2) is 43.8 Å². The fourth-order valence-electron chi connectivity index (χ4n) is 5.79. The molecule has 2 amide bonds. The van der Waals surface area contributed by atoms with E-state index in [1.807, 2.05) is 36.4 Å². The Kier molecular flexibility index (Phi) is 11.8. The number of halogens is 2. The van der Waals surface area contributed by atoms with Gasteiger partial charge in [0, 0.05) is 27.6 Å². The molecule has 1 aliphatic carbocycles. The lowest BCUT2D eigenvalue weighted by Gasteiger charge is -2.35. The standard InChI is InChI=1S/C36H37ClIN3O4S/c37-29-14-10-13-28(23-29)25-40(34(24-27-11-4-1-5-12-27)36(43)39-31-15-6-2-7-16-31)35(42)26-41(32-21-19-30(38)20-22-32)46(44,45)33-17-8-3-9-18-33/h1,3-5,8-14,17-23,31,34H,2,6-7,15-16,24-26H2,(H,39,43). The molecule has 240 valence electrons. The van der Waals surface area contributed by atoms with Crippen LogP contribution in [0.15, 0.2) is 114 Å². The minimum absolute atomic E-state index is 0.0318. The molecular weight excluding hydrogens is 733 g/mol. The second-order valence-corrected chi connectivity index (χ2v) is 15.0. The molecule has 0 heterocycles. The summed E-state index contributed by atoms with van der Waals surface area (Å²) in [4.78, 5) is 30.3.